The Morgan fingerprint density at radius 1 is 1.40 bits per heavy atom. The van der Waals surface area contributed by atoms with Gasteiger partial charge in [0.1, 0.15) is 23.0 Å². The van der Waals surface area contributed by atoms with E-state index in [1.165, 1.54) is 11.3 Å². The summed E-state index contributed by atoms with van der Waals surface area (Å²) >= 11 is 7.25. The topological polar surface area (TPSA) is 55.0 Å². The predicted octanol–water partition coefficient (Wildman–Crippen LogP) is 3.28. The Kier molecular flexibility index (Phi) is 2.58. The van der Waals surface area contributed by atoms with Crippen molar-refractivity contribution in [3.05, 3.63) is 45.3 Å². The molecule has 1 aliphatic heterocycles. The summed E-state index contributed by atoms with van der Waals surface area (Å²) in [6.45, 7) is 0.475. The van der Waals surface area contributed by atoms with Crippen molar-refractivity contribution in [1.82, 2.24) is 9.97 Å². The van der Waals surface area contributed by atoms with Crippen LogP contribution < -0.4 is 10.3 Å². The van der Waals surface area contributed by atoms with Crippen molar-refractivity contribution in [2.24, 2.45) is 0 Å². The van der Waals surface area contributed by atoms with Gasteiger partial charge in [-0.25, -0.2) is 4.98 Å². The highest BCUT2D eigenvalue weighted by Crippen LogP contribution is 2.44. The van der Waals surface area contributed by atoms with Gasteiger partial charge >= 0.3 is 0 Å². The Morgan fingerprint density at radius 2 is 2.25 bits per heavy atom. The van der Waals surface area contributed by atoms with Gasteiger partial charge in [-0.15, -0.1) is 22.9 Å². The lowest BCUT2D eigenvalue weighted by molar-refractivity contribution is 0.306. The summed E-state index contributed by atoms with van der Waals surface area (Å²) < 4.78 is 5.72. The van der Waals surface area contributed by atoms with Gasteiger partial charge in [-0.1, -0.05) is 18.2 Å². The summed E-state index contributed by atoms with van der Waals surface area (Å²) in [5, 5.41) is 0.634. The van der Waals surface area contributed by atoms with E-state index in [-0.39, 0.29) is 11.4 Å². The highest BCUT2D eigenvalue weighted by Gasteiger charge is 2.24. The molecule has 1 aromatic carbocycles. The fourth-order valence-corrected chi connectivity index (χ4v) is 3.74. The normalized spacial score (nSPS) is 12.8. The van der Waals surface area contributed by atoms with Crippen molar-refractivity contribution in [1.29, 1.82) is 0 Å². The first-order valence-corrected chi connectivity index (χ1v) is 7.46. The molecule has 0 saturated heterocycles. The number of ether oxygens (including phenoxy) is 1. The summed E-state index contributed by atoms with van der Waals surface area (Å²) in [6.07, 6.45) is 0. The molecule has 0 unspecified atom stereocenters. The highest BCUT2D eigenvalue weighted by atomic mass is 35.5. The van der Waals surface area contributed by atoms with E-state index in [0.29, 0.717) is 17.8 Å². The highest BCUT2D eigenvalue weighted by molar-refractivity contribution is 7.19. The number of hydrogen-bond donors (Lipinski definition) is 1. The van der Waals surface area contributed by atoms with Crippen molar-refractivity contribution >= 4 is 33.2 Å². The van der Waals surface area contributed by atoms with Gasteiger partial charge < -0.3 is 9.72 Å². The minimum atomic E-state index is -0.139. The Balaban J connectivity index is 2.12. The number of nitrogens with one attached hydrogen (secondary N) is 1. The van der Waals surface area contributed by atoms with Gasteiger partial charge in [-0.2, -0.15) is 0 Å². The van der Waals surface area contributed by atoms with Gasteiger partial charge in [-0.3, -0.25) is 4.79 Å². The molecule has 4 rings (SSSR count). The number of aromatic amines is 1. The van der Waals surface area contributed by atoms with E-state index in [2.05, 4.69) is 9.97 Å². The lowest BCUT2D eigenvalue weighted by atomic mass is 10.0. The van der Waals surface area contributed by atoms with Crippen LogP contribution in [0.15, 0.2) is 29.1 Å². The monoisotopic (exact) mass is 304 g/mol. The van der Waals surface area contributed by atoms with Crippen LogP contribution in [0.3, 0.4) is 0 Å². The number of rotatable bonds is 1. The molecule has 6 heteroatoms. The molecule has 0 fully saturated rings. The van der Waals surface area contributed by atoms with E-state index in [0.717, 1.165) is 26.6 Å². The van der Waals surface area contributed by atoms with Crippen molar-refractivity contribution < 1.29 is 4.74 Å². The van der Waals surface area contributed by atoms with Gasteiger partial charge in [0.25, 0.3) is 5.56 Å². The van der Waals surface area contributed by atoms with Crippen LogP contribution in [-0.4, -0.2) is 9.97 Å². The Morgan fingerprint density at radius 3 is 3.10 bits per heavy atom. The molecular weight excluding hydrogens is 296 g/mol. The number of fused-ring (bicyclic) bond motifs is 5. The maximum Gasteiger partial charge on any atom is 0.260 e. The molecular formula is C14H9ClN2O2S. The molecule has 0 radical (unpaired) electrons. The minimum Gasteiger partial charge on any atom is -0.487 e. The van der Waals surface area contributed by atoms with Gasteiger partial charge in [0.2, 0.25) is 0 Å². The zero-order valence-corrected chi connectivity index (χ0v) is 11.8. The molecule has 20 heavy (non-hydrogen) atoms. The fourth-order valence-electron chi connectivity index (χ4n) is 2.49. The van der Waals surface area contributed by atoms with E-state index in [4.69, 9.17) is 16.3 Å². The second kappa shape index (κ2) is 4.33. The van der Waals surface area contributed by atoms with Crippen molar-refractivity contribution in [2.45, 2.75) is 12.5 Å². The standard InChI is InChI=1S/C14H9ClN2O2S/c15-5-10-16-13(18)12-11-7-3-1-2-4-8(7)19-6-9(11)20-14(12)17-10/h1-4H,5-6H2,(H,16,17,18). The average Bonchev–Trinajstić information content (AvgIpc) is 2.86. The van der Waals surface area contributed by atoms with Crippen molar-refractivity contribution in [2.75, 3.05) is 0 Å². The third kappa shape index (κ3) is 1.60. The molecule has 4 nitrogen and oxygen atoms in total. The van der Waals surface area contributed by atoms with Crippen molar-refractivity contribution in [3.8, 4) is 16.9 Å². The van der Waals surface area contributed by atoms with Gasteiger partial charge in [0, 0.05) is 11.1 Å². The van der Waals surface area contributed by atoms with Gasteiger partial charge in [0.05, 0.1) is 16.1 Å². The SMILES string of the molecule is O=c1[nH]c(CCl)nc2sc3c(c12)-c1ccccc1OC3. The lowest BCUT2D eigenvalue weighted by Gasteiger charge is -2.17. The first-order valence-electron chi connectivity index (χ1n) is 6.10. The average molecular weight is 305 g/mol. The molecule has 3 heterocycles. The van der Waals surface area contributed by atoms with Crippen LogP contribution in [0.2, 0.25) is 0 Å². The molecule has 1 aliphatic rings. The number of thiophene rings is 1. The summed E-state index contributed by atoms with van der Waals surface area (Å²) in [7, 11) is 0. The molecule has 0 atom stereocenters. The molecule has 1 N–H and O–H groups in total. The number of alkyl halides is 1. The predicted molar refractivity (Wildman–Crippen MR) is 79.6 cm³/mol. The summed E-state index contributed by atoms with van der Waals surface area (Å²) in [4.78, 5) is 21.2. The number of para-hydroxylation sites is 1. The lowest BCUT2D eigenvalue weighted by Crippen LogP contribution is -2.11. The zero-order valence-electron chi connectivity index (χ0n) is 10.3. The van der Waals surface area contributed by atoms with Crippen LogP contribution in [0.4, 0.5) is 0 Å². The summed E-state index contributed by atoms with van der Waals surface area (Å²) in [5.74, 6) is 1.50. The summed E-state index contributed by atoms with van der Waals surface area (Å²) in [6, 6.07) is 7.74. The van der Waals surface area contributed by atoms with Gasteiger partial charge in [0.15, 0.2) is 0 Å². The Hall–Kier alpha value is -1.85. The quantitative estimate of drug-likeness (QED) is 0.702. The van der Waals surface area contributed by atoms with Crippen LogP contribution in [0.1, 0.15) is 10.7 Å². The van der Waals surface area contributed by atoms with E-state index in [9.17, 15) is 4.79 Å². The van der Waals surface area contributed by atoms with Crippen LogP contribution in [-0.2, 0) is 12.5 Å². The maximum atomic E-state index is 12.3. The second-order valence-corrected chi connectivity index (χ2v) is 5.86. The van der Waals surface area contributed by atoms with Crippen LogP contribution >= 0.6 is 22.9 Å². The van der Waals surface area contributed by atoms with E-state index < -0.39 is 0 Å². The molecule has 0 aliphatic carbocycles. The number of hydrogen-bond acceptors (Lipinski definition) is 4. The third-order valence-corrected chi connectivity index (χ3v) is 4.64. The summed E-state index contributed by atoms with van der Waals surface area (Å²) in [5.41, 5.74) is 1.76. The van der Waals surface area contributed by atoms with Crippen LogP contribution in [0.25, 0.3) is 21.3 Å². The fraction of sp³-hybridized carbons (Fsp3) is 0.143. The number of aromatic nitrogens is 2. The second-order valence-electron chi connectivity index (χ2n) is 4.51. The van der Waals surface area contributed by atoms with Gasteiger partial charge in [-0.05, 0) is 6.07 Å². The molecule has 0 amide bonds. The Bertz CT molecular complexity index is 885. The molecule has 3 aromatic rings. The van der Waals surface area contributed by atoms with E-state index >= 15 is 0 Å². The Labute approximate surface area is 123 Å². The molecule has 0 bridgehead atoms. The minimum absolute atomic E-state index is 0.139. The third-order valence-electron chi connectivity index (χ3n) is 3.33. The number of H-pyrrole nitrogens is 1. The zero-order chi connectivity index (χ0) is 13.7. The van der Waals surface area contributed by atoms with Crippen LogP contribution in [0, 0.1) is 0 Å². The first-order chi connectivity index (χ1) is 9.78. The first kappa shape index (κ1) is 11.9. The molecule has 100 valence electrons. The van der Waals surface area contributed by atoms with Crippen molar-refractivity contribution in [3.63, 3.8) is 0 Å². The van der Waals surface area contributed by atoms with Crippen LogP contribution in [0.5, 0.6) is 5.75 Å². The molecule has 0 spiro atoms. The largest absolute Gasteiger partial charge is 0.487 e. The van der Waals surface area contributed by atoms with E-state index in [1.54, 1.807) is 0 Å². The maximum absolute atomic E-state index is 12.3. The number of benzene rings is 1. The smallest absolute Gasteiger partial charge is 0.260 e. The molecule has 2 aromatic heterocycles. The number of nitrogens with zero attached hydrogens (tertiary/aromatic N) is 1. The van der Waals surface area contributed by atoms with E-state index in [1.807, 2.05) is 24.3 Å². The molecule has 0 saturated carbocycles. The number of halogens is 1.